The fraction of sp³-hybridized carbons (Fsp3) is 0.250. The van der Waals surface area contributed by atoms with Gasteiger partial charge in [0.1, 0.15) is 5.54 Å². The molecule has 0 aliphatic rings. The lowest BCUT2D eigenvalue weighted by molar-refractivity contribution is -0.147. The number of benzene rings is 1. The van der Waals surface area contributed by atoms with Crippen LogP contribution in [0.5, 0.6) is 6.08 Å². The van der Waals surface area contributed by atoms with Crippen LogP contribution >= 0.6 is 0 Å². The first-order valence-electron chi connectivity index (χ1n) is 7.20. The standard InChI is InChI=1S/C16H17N3O6/c1-16(2,14(22)23)19-13(21)12(20)18-10-6-4-5-9(7-10)11-8-17-15(24-3)25-11/h4-8H,1-3H3,(H,18,20)(H,19,21)(H,22,23). The number of methoxy groups -OCH3 is 1. The highest BCUT2D eigenvalue weighted by atomic mass is 16.6. The second-order valence-electron chi connectivity index (χ2n) is 5.61. The lowest BCUT2D eigenvalue weighted by atomic mass is 10.1. The van der Waals surface area contributed by atoms with Crippen LogP contribution in [0, 0.1) is 0 Å². The van der Waals surface area contributed by atoms with Crippen LogP contribution in [0.1, 0.15) is 13.8 Å². The SMILES string of the molecule is COc1ncc(-c2cccc(NC(=O)C(=O)NC(C)(C)C(=O)O)c2)o1. The van der Waals surface area contributed by atoms with Gasteiger partial charge in [0.25, 0.3) is 0 Å². The smallest absolute Gasteiger partial charge is 0.393 e. The molecule has 0 fully saturated rings. The number of anilines is 1. The summed E-state index contributed by atoms with van der Waals surface area (Å²) in [6.07, 6.45) is 1.56. The monoisotopic (exact) mass is 347 g/mol. The summed E-state index contributed by atoms with van der Waals surface area (Å²) >= 11 is 0. The van der Waals surface area contributed by atoms with Crippen molar-refractivity contribution in [3.8, 4) is 17.4 Å². The third kappa shape index (κ3) is 4.34. The van der Waals surface area contributed by atoms with E-state index in [0.717, 1.165) is 0 Å². The van der Waals surface area contributed by atoms with Gasteiger partial charge >= 0.3 is 23.9 Å². The molecule has 2 amide bonds. The van der Waals surface area contributed by atoms with E-state index in [-0.39, 0.29) is 6.08 Å². The zero-order valence-electron chi connectivity index (χ0n) is 13.8. The number of carboxylic acid groups (broad SMARTS) is 1. The lowest BCUT2D eigenvalue weighted by Gasteiger charge is -2.20. The zero-order chi connectivity index (χ0) is 18.6. The van der Waals surface area contributed by atoms with Gasteiger partial charge in [-0.2, -0.15) is 4.98 Å². The van der Waals surface area contributed by atoms with E-state index in [1.165, 1.54) is 27.2 Å². The Bertz CT molecular complexity index is 812. The second-order valence-corrected chi connectivity index (χ2v) is 5.61. The van der Waals surface area contributed by atoms with Gasteiger partial charge in [0.05, 0.1) is 13.3 Å². The van der Waals surface area contributed by atoms with Crippen LogP contribution in [0.25, 0.3) is 11.3 Å². The van der Waals surface area contributed by atoms with Crippen molar-refractivity contribution >= 4 is 23.5 Å². The van der Waals surface area contributed by atoms with Gasteiger partial charge in [-0.3, -0.25) is 9.59 Å². The van der Waals surface area contributed by atoms with Crippen LogP contribution in [0.15, 0.2) is 34.9 Å². The van der Waals surface area contributed by atoms with Gasteiger partial charge in [-0.15, -0.1) is 0 Å². The minimum Gasteiger partial charge on any atom is -0.480 e. The fourth-order valence-electron chi connectivity index (χ4n) is 1.82. The highest BCUT2D eigenvalue weighted by molar-refractivity contribution is 6.40. The van der Waals surface area contributed by atoms with Crippen molar-refractivity contribution in [2.24, 2.45) is 0 Å². The highest BCUT2D eigenvalue weighted by Gasteiger charge is 2.31. The number of amides is 2. The van der Waals surface area contributed by atoms with Gasteiger partial charge in [0, 0.05) is 11.3 Å². The predicted molar refractivity (Wildman–Crippen MR) is 87.0 cm³/mol. The molecule has 1 aromatic heterocycles. The number of carboxylic acids is 1. The Hall–Kier alpha value is -3.36. The molecule has 1 heterocycles. The van der Waals surface area contributed by atoms with Crippen molar-refractivity contribution in [2.75, 3.05) is 12.4 Å². The van der Waals surface area contributed by atoms with E-state index in [1.807, 2.05) is 0 Å². The average molecular weight is 347 g/mol. The number of hydrogen-bond donors (Lipinski definition) is 3. The maximum absolute atomic E-state index is 11.9. The number of ether oxygens (including phenoxy) is 1. The zero-order valence-corrected chi connectivity index (χ0v) is 13.8. The average Bonchev–Trinajstić information content (AvgIpc) is 3.03. The molecular weight excluding hydrogens is 330 g/mol. The van der Waals surface area contributed by atoms with E-state index in [4.69, 9.17) is 14.3 Å². The van der Waals surface area contributed by atoms with Crippen LogP contribution in [0.4, 0.5) is 5.69 Å². The van der Waals surface area contributed by atoms with Gasteiger partial charge in [-0.1, -0.05) is 12.1 Å². The van der Waals surface area contributed by atoms with Crippen molar-refractivity contribution in [2.45, 2.75) is 19.4 Å². The second kappa shape index (κ2) is 7.04. The van der Waals surface area contributed by atoms with E-state index < -0.39 is 23.3 Å². The summed E-state index contributed by atoms with van der Waals surface area (Å²) in [6, 6.07) is 6.53. The number of aliphatic carboxylic acids is 1. The molecule has 0 radical (unpaired) electrons. The maximum Gasteiger partial charge on any atom is 0.393 e. The molecule has 0 saturated carbocycles. The Morgan fingerprint density at radius 3 is 2.56 bits per heavy atom. The third-order valence-corrected chi connectivity index (χ3v) is 3.23. The van der Waals surface area contributed by atoms with E-state index >= 15 is 0 Å². The normalized spacial score (nSPS) is 10.8. The van der Waals surface area contributed by atoms with Crippen molar-refractivity contribution in [1.82, 2.24) is 10.3 Å². The van der Waals surface area contributed by atoms with Crippen molar-refractivity contribution < 1.29 is 28.6 Å². The number of nitrogens with one attached hydrogen (secondary N) is 2. The molecule has 0 atom stereocenters. The molecule has 0 unspecified atom stereocenters. The fourth-order valence-corrected chi connectivity index (χ4v) is 1.82. The van der Waals surface area contributed by atoms with Crippen LogP contribution in [-0.4, -0.2) is 40.5 Å². The topological polar surface area (TPSA) is 131 Å². The van der Waals surface area contributed by atoms with Gasteiger partial charge in [0.2, 0.25) is 0 Å². The van der Waals surface area contributed by atoms with E-state index in [1.54, 1.807) is 24.3 Å². The molecule has 2 aromatic rings. The minimum atomic E-state index is -1.56. The number of aromatic nitrogens is 1. The summed E-state index contributed by atoms with van der Waals surface area (Å²) in [5, 5.41) is 13.5. The maximum atomic E-state index is 11.9. The highest BCUT2D eigenvalue weighted by Crippen LogP contribution is 2.25. The Morgan fingerprint density at radius 2 is 1.96 bits per heavy atom. The summed E-state index contributed by atoms with van der Waals surface area (Å²) in [4.78, 5) is 38.7. The molecule has 0 aliphatic heterocycles. The molecule has 9 heteroatoms. The largest absolute Gasteiger partial charge is 0.480 e. The summed E-state index contributed by atoms with van der Waals surface area (Å²) in [5.41, 5.74) is -0.617. The first-order chi connectivity index (χ1) is 11.7. The van der Waals surface area contributed by atoms with Crippen molar-refractivity contribution in [3.63, 3.8) is 0 Å². The number of carbonyl (C=O) groups excluding carboxylic acids is 2. The van der Waals surface area contributed by atoms with Gasteiger partial charge in [-0.25, -0.2) is 4.79 Å². The number of nitrogens with zero attached hydrogens (tertiary/aromatic N) is 1. The molecule has 3 N–H and O–H groups in total. The first kappa shape index (κ1) is 18.0. The summed E-state index contributed by atoms with van der Waals surface area (Å²) in [5.74, 6) is -2.87. The van der Waals surface area contributed by atoms with Crippen LogP contribution in [-0.2, 0) is 14.4 Å². The number of rotatable bonds is 5. The Morgan fingerprint density at radius 1 is 1.24 bits per heavy atom. The summed E-state index contributed by atoms with van der Waals surface area (Å²) < 4.78 is 10.2. The van der Waals surface area contributed by atoms with Crippen LogP contribution in [0.3, 0.4) is 0 Å². The van der Waals surface area contributed by atoms with Crippen LogP contribution in [0.2, 0.25) is 0 Å². The molecular formula is C16H17N3O6. The molecule has 0 bridgehead atoms. The summed E-state index contributed by atoms with van der Waals surface area (Å²) in [7, 11) is 1.42. The number of hydrogen-bond acceptors (Lipinski definition) is 6. The van der Waals surface area contributed by atoms with Gasteiger partial charge in [0.15, 0.2) is 5.76 Å². The van der Waals surface area contributed by atoms with E-state index in [2.05, 4.69) is 15.6 Å². The van der Waals surface area contributed by atoms with E-state index in [0.29, 0.717) is 17.0 Å². The Kier molecular flexibility index (Phi) is 5.06. The molecule has 2 rings (SSSR count). The van der Waals surface area contributed by atoms with Crippen LogP contribution < -0.4 is 15.4 Å². The molecule has 0 aliphatic carbocycles. The molecule has 9 nitrogen and oxygen atoms in total. The quantitative estimate of drug-likeness (QED) is 0.694. The molecule has 0 saturated heterocycles. The van der Waals surface area contributed by atoms with Crippen molar-refractivity contribution in [3.05, 3.63) is 30.5 Å². The first-order valence-corrected chi connectivity index (χ1v) is 7.20. The number of oxazole rings is 1. The summed E-state index contributed by atoms with van der Waals surface area (Å²) in [6.45, 7) is 2.55. The van der Waals surface area contributed by atoms with E-state index in [9.17, 15) is 14.4 Å². The minimum absolute atomic E-state index is 0.0970. The molecule has 25 heavy (non-hydrogen) atoms. The molecule has 1 aromatic carbocycles. The lowest BCUT2D eigenvalue weighted by Crippen LogP contribution is -2.52. The van der Waals surface area contributed by atoms with Gasteiger partial charge in [-0.05, 0) is 26.0 Å². The third-order valence-electron chi connectivity index (χ3n) is 3.23. The Labute approximate surface area is 143 Å². The number of carbonyl (C=O) groups is 3. The predicted octanol–water partition coefficient (Wildman–Crippen LogP) is 1.27. The van der Waals surface area contributed by atoms with Crippen molar-refractivity contribution in [1.29, 1.82) is 0 Å². The van der Waals surface area contributed by atoms with Gasteiger partial charge < -0.3 is 24.9 Å². The molecule has 0 spiro atoms. The molecule has 132 valence electrons. The Balaban J connectivity index is 2.10.